The highest BCUT2D eigenvalue weighted by atomic mass is 16.6. The first-order valence-electron chi connectivity index (χ1n) is 9.58. The van der Waals surface area contributed by atoms with E-state index in [2.05, 4.69) is 10.6 Å². The summed E-state index contributed by atoms with van der Waals surface area (Å²) in [7, 11) is 0. The number of carbonyl (C=O) groups is 3. The van der Waals surface area contributed by atoms with Crippen molar-refractivity contribution in [1.82, 2.24) is 0 Å². The Kier molecular flexibility index (Phi) is 3.93. The molecule has 5 atom stereocenters. The standard InChI is InChI=1S/C22H20N2O4/c25-20(12-5-2-1-3-6-12)23-14-7-4-8-15(11-14)24-21(26)18-13-9-16-17(10-13)28-22(27)19(16)18/h1-8,11,13,16-19H,9-10H2,(H,23,25)(H,24,26)/t13-,16+,17+,18-,19+/m1/s1. The van der Waals surface area contributed by atoms with Gasteiger partial charge in [0.2, 0.25) is 5.91 Å². The Morgan fingerprint density at radius 3 is 2.46 bits per heavy atom. The maximum absolute atomic E-state index is 12.9. The molecule has 1 aliphatic heterocycles. The molecule has 6 nitrogen and oxygen atoms in total. The van der Waals surface area contributed by atoms with E-state index in [1.807, 2.05) is 6.07 Å². The summed E-state index contributed by atoms with van der Waals surface area (Å²) < 4.78 is 5.41. The fraction of sp³-hybridized carbons (Fsp3) is 0.318. The molecule has 2 aromatic carbocycles. The number of esters is 1. The molecule has 2 bridgehead atoms. The van der Waals surface area contributed by atoms with Crippen LogP contribution in [0.15, 0.2) is 54.6 Å². The molecule has 2 amide bonds. The molecule has 28 heavy (non-hydrogen) atoms. The largest absolute Gasteiger partial charge is 0.462 e. The maximum Gasteiger partial charge on any atom is 0.310 e. The van der Waals surface area contributed by atoms with Crippen LogP contribution in [0.2, 0.25) is 0 Å². The number of benzene rings is 2. The lowest BCUT2D eigenvalue weighted by Crippen LogP contribution is -2.35. The highest BCUT2D eigenvalue weighted by Gasteiger charge is 2.63. The Balaban J connectivity index is 1.29. The lowest BCUT2D eigenvalue weighted by atomic mass is 9.79. The van der Waals surface area contributed by atoms with Crippen molar-refractivity contribution in [2.24, 2.45) is 23.7 Å². The number of ether oxygens (including phenoxy) is 1. The summed E-state index contributed by atoms with van der Waals surface area (Å²) in [5, 5.41) is 5.77. The second-order valence-electron chi connectivity index (χ2n) is 7.81. The van der Waals surface area contributed by atoms with Crippen LogP contribution in [0.25, 0.3) is 0 Å². The number of hydrogen-bond acceptors (Lipinski definition) is 4. The lowest BCUT2D eigenvalue weighted by molar-refractivity contribution is -0.145. The van der Waals surface area contributed by atoms with Gasteiger partial charge in [-0.2, -0.15) is 0 Å². The van der Waals surface area contributed by atoms with Crippen molar-refractivity contribution in [3.8, 4) is 0 Å². The molecule has 2 saturated carbocycles. The van der Waals surface area contributed by atoms with Gasteiger partial charge in [-0.3, -0.25) is 14.4 Å². The monoisotopic (exact) mass is 376 g/mol. The van der Waals surface area contributed by atoms with Crippen LogP contribution in [0, 0.1) is 23.7 Å². The number of carbonyl (C=O) groups excluding carboxylic acids is 3. The second-order valence-corrected chi connectivity index (χ2v) is 7.81. The average Bonchev–Trinajstić information content (AvgIpc) is 3.31. The third kappa shape index (κ3) is 2.76. The summed E-state index contributed by atoms with van der Waals surface area (Å²) in [6.45, 7) is 0. The van der Waals surface area contributed by atoms with Gasteiger partial charge in [0.1, 0.15) is 6.10 Å². The molecule has 0 aromatic heterocycles. The fourth-order valence-corrected chi connectivity index (χ4v) is 5.06. The zero-order chi connectivity index (χ0) is 19.3. The minimum absolute atomic E-state index is 0.0167. The summed E-state index contributed by atoms with van der Waals surface area (Å²) in [5.41, 5.74) is 1.76. The Hall–Kier alpha value is -3.15. The molecule has 2 aliphatic carbocycles. The van der Waals surface area contributed by atoms with Gasteiger partial charge in [0.05, 0.1) is 11.8 Å². The molecule has 0 radical (unpaired) electrons. The van der Waals surface area contributed by atoms with Gasteiger partial charge >= 0.3 is 5.97 Å². The molecule has 142 valence electrons. The molecule has 6 heteroatoms. The van der Waals surface area contributed by atoms with Crippen molar-refractivity contribution < 1.29 is 19.1 Å². The summed E-state index contributed by atoms with van der Waals surface area (Å²) in [6, 6.07) is 16.0. The maximum atomic E-state index is 12.9. The van der Waals surface area contributed by atoms with Gasteiger partial charge in [-0.1, -0.05) is 24.3 Å². The fourth-order valence-electron chi connectivity index (χ4n) is 5.06. The molecule has 0 spiro atoms. The minimum atomic E-state index is -0.321. The molecule has 0 unspecified atom stereocenters. The summed E-state index contributed by atoms with van der Waals surface area (Å²) in [4.78, 5) is 37.3. The Morgan fingerprint density at radius 1 is 0.929 bits per heavy atom. The molecule has 1 heterocycles. The van der Waals surface area contributed by atoms with E-state index < -0.39 is 0 Å². The van der Waals surface area contributed by atoms with Crippen molar-refractivity contribution in [2.75, 3.05) is 10.6 Å². The quantitative estimate of drug-likeness (QED) is 0.803. The summed E-state index contributed by atoms with van der Waals surface area (Å²) in [5.74, 6) is -0.780. The van der Waals surface area contributed by atoms with Crippen LogP contribution in [0.5, 0.6) is 0 Å². The van der Waals surface area contributed by atoms with Crippen molar-refractivity contribution in [3.63, 3.8) is 0 Å². The molecule has 2 aromatic rings. The minimum Gasteiger partial charge on any atom is -0.462 e. The second kappa shape index (κ2) is 6.48. The highest BCUT2D eigenvalue weighted by Crippen LogP contribution is 2.57. The zero-order valence-corrected chi connectivity index (χ0v) is 15.1. The normalized spacial score (nSPS) is 29.4. The van der Waals surface area contributed by atoms with Crippen LogP contribution in [-0.2, 0) is 14.3 Å². The van der Waals surface area contributed by atoms with E-state index in [0.717, 1.165) is 12.8 Å². The van der Waals surface area contributed by atoms with E-state index in [9.17, 15) is 14.4 Å². The van der Waals surface area contributed by atoms with Gasteiger partial charge in [0, 0.05) is 22.9 Å². The highest BCUT2D eigenvalue weighted by molar-refractivity contribution is 6.04. The van der Waals surface area contributed by atoms with E-state index in [-0.39, 0.29) is 47.6 Å². The Bertz CT molecular complexity index is 956. The van der Waals surface area contributed by atoms with Gasteiger partial charge in [0.15, 0.2) is 0 Å². The number of hydrogen-bond donors (Lipinski definition) is 2. The van der Waals surface area contributed by atoms with Gasteiger partial charge in [-0.15, -0.1) is 0 Å². The number of rotatable bonds is 4. The number of amides is 2. The topological polar surface area (TPSA) is 84.5 Å². The van der Waals surface area contributed by atoms with Crippen LogP contribution in [0.4, 0.5) is 11.4 Å². The molecular formula is C22H20N2O4. The number of fused-ring (bicyclic) bond motifs is 1. The van der Waals surface area contributed by atoms with E-state index in [1.54, 1.807) is 48.5 Å². The molecule has 1 saturated heterocycles. The summed E-state index contributed by atoms with van der Waals surface area (Å²) in [6.07, 6.45) is 1.70. The van der Waals surface area contributed by atoms with E-state index in [4.69, 9.17) is 4.74 Å². The Labute approximate surface area is 162 Å². The number of nitrogens with one attached hydrogen (secondary N) is 2. The third-order valence-electron chi connectivity index (χ3n) is 6.21. The molecule has 5 rings (SSSR count). The van der Waals surface area contributed by atoms with Gasteiger partial charge < -0.3 is 15.4 Å². The predicted molar refractivity (Wildman–Crippen MR) is 103 cm³/mol. The van der Waals surface area contributed by atoms with E-state index >= 15 is 0 Å². The van der Waals surface area contributed by atoms with Crippen molar-refractivity contribution in [1.29, 1.82) is 0 Å². The van der Waals surface area contributed by atoms with Crippen LogP contribution >= 0.6 is 0 Å². The molecule has 3 aliphatic rings. The first-order valence-corrected chi connectivity index (χ1v) is 9.58. The third-order valence-corrected chi connectivity index (χ3v) is 6.21. The summed E-state index contributed by atoms with van der Waals surface area (Å²) >= 11 is 0. The van der Waals surface area contributed by atoms with Gasteiger partial charge in [-0.05, 0) is 49.1 Å². The van der Waals surface area contributed by atoms with Crippen molar-refractivity contribution in [2.45, 2.75) is 18.9 Å². The zero-order valence-electron chi connectivity index (χ0n) is 15.1. The Morgan fingerprint density at radius 2 is 1.68 bits per heavy atom. The molecule has 2 N–H and O–H groups in total. The SMILES string of the molecule is O=C(Nc1cccc(NC(=O)[C@@H]2[C@@H]3C[C@@H]4[C@@H]2C(=O)O[C@H]4C3)c1)c1ccccc1. The first kappa shape index (κ1) is 17.0. The number of anilines is 2. The van der Waals surface area contributed by atoms with E-state index in [1.165, 1.54) is 0 Å². The van der Waals surface area contributed by atoms with Gasteiger partial charge in [-0.25, -0.2) is 0 Å². The smallest absolute Gasteiger partial charge is 0.310 e. The van der Waals surface area contributed by atoms with Crippen LogP contribution in [0.3, 0.4) is 0 Å². The molecular weight excluding hydrogens is 356 g/mol. The molecule has 3 fully saturated rings. The van der Waals surface area contributed by atoms with Crippen molar-refractivity contribution >= 4 is 29.2 Å². The predicted octanol–water partition coefficient (Wildman–Crippen LogP) is 3.08. The lowest BCUT2D eigenvalue weighted by Gasteiger charge is -2.23. The first-order chi connectivity index (χ1) is 13.6. The van der Waals surface area contributed by atoms with Gasteiger partial charge in [0.25, 0.3) is 5.91 Å². The van der Waals surface area contributed by atoms with E-state index in [0.29, 0.717) is 16.9 Å². The van der Waals surface area contributed by atoms with Crippen molar-refractivity contribution in [3.05, 3.63) is 60.2 Å². The van der Waals surface area contributed by atoms with Crippen LogP contribution < -0.4 is 10.6 Å². The average molecular weight is 376 g/mol. The van der Waals surface area contributed by atoms with Crippen LogP contribution in [-0.4, -0.2) is 23.9 Å². The van der Waals surface area contributed by atoms with Crippen LogP contribution in [0.1, 0.15) is 23.2 Å².